The van der Waals surface area contributed by atoms with Crippen LogP contribution in [0.1, 0.15) is 28.8 Å². The van der Waals surface area contributed by atoms with E-state index in [0.29, 0.717) is 6.29 Å². The molecule has 1 nitrogen and oxygen atoms in total. The molecular weight excluding hydrogens is 193 g/mol. The summed E-state index contributed by atoms with van der Waals surface area (Å²) in [6, 6.07) is 5.54. The van der Waals surface area contributed by atoms with E-state index in [9.17, 15) is 18.0 Å². The van der Waals surface area contributed by atoms with Gasteiger partial charge in [0.05, 0.1) is 5.92 Å². The number of carbonyl (C=O) groups excluding carboxylic acids is 1. The van der Waals surface area contributed by atoms with E-state index >= 15 is 0 Å². The predicted molar refractivity (Wildman–Crippen MR) is 46.3 cm³/mol. The zero-order chi connectivity index (χ0) is 10.8. The third-order valence-electron chi connectivity index (χ3n) is 2.04. The smallest absolute Gasteiger partial charge is 0.298 e. The van der Waals surface area contributed by atoms with Crippen LogP contribution in [-0.2, 0) is 0 Å². The summed E-state index contributed by atoms with van der Waals surface area (Å²) in [4.78, 5) is 10.3. The molecule has 76 valence electrons. The number of aldehydes is 1. The van der Waals surface area contributed by atoms with E-state index in [2.05, 4.69) is 0 Å². The highest BCUT2D eigenvalue weighted by Gasteiger charge is 2.36. The summed E-state index contributed by atoms with van der Waals surface area (Å²) in [5, 5.41) is 0. The summed E-state index contributed by atoms with van der Waals surface area (Å²) in [5.41, 5.74) is 0.376. The molecule has 0 fully saturated rings. The second-order valence-electron chi connectivity index (χ2n) is 3.05. The summed E-state index contributed by atoms with van der Waals surface area (Å²) >= 11 is 0. The Morgan fingerprint density at radius 2 is 2.00 bits per heavy atom. The standard InChI is InChI=1S/C10H9F3O/c1-7(10(11,12)13)9-4-2-3-8(5-9)6-14/h2-7H,1H3. The van der Waals surface area contributed by atoms with Gasteiger partial charge in [-0.2, -0.15) is 13.2 Å². The van der Waals surface area contributed by atoms with Gasteiger partial charge in [0.1, 0.15) is 6.29 Å². The number of hydrogen-bond donors (Lipinski definition) is 0. The van der Waals surface area contributed by atoms with Crippen LogP contribution >= 0.6 is 0 Å². The van der Waals surface area contributed by atoms with Crippen molar-refractivity contribution in [1.82, 2.24) is 0 Å². The van der Waals surface area contributed by atoms with E-state index in [1.807, 2.05) is 0 Å². The molecule has 0 N–H and O–H groups in total. The summed E-state index contributed by atoms with van der Waals surface area (Å²) in [6.07, 6.45) is -3.73. The lowest BCUT2D eigenvalue weighted by atomic mass is 9.99. The van der Waals surface area contributed by atoms with Gasteiger partial charge in [0.25, 0.3) is 0 Å². The van der Waals surface area contributed by atoms with E-state index in [0.717, 1.165) is 6.92 Å². The molecule has 1 aromatic rings. The van der Waals surface area contributed by atoms with Crippen molar-refractivity contribution in [3.05, 3.63) is 35.4 Å². The molecule has 1 rings (SSSR count). The molecule has 1 unspecified atom stereocenters. The molecular formula is C10H9F3O. The third-order valence-corrected chi connectivity index (χ3v) is 2.04. The van der Waals surface area contributed by atoms with Crippen molar-refractivity contribution in [2.75, 3.05) is 0 Å². The number of alkyl halides is 3. The Morgan fingerprint density at radius 1 is 1.36 bits per heavy atom. The van der Waals surface area contributed by atoms with Crippen molar-refractivity contribution in [2.45, 2.75) is 19.0 Å². The molecule has 0 aliphatic rings. The molecule has 14 heavy (non-hydrogen) atoms. The highest BCUT2D eigenvalue weighted by atomic mass is 19.4. The van der Waals surface area contributed by atoms with Crippen molar-refractivity contribution in [2.24, 2.45) is 0 Å². The van der Waals surface area contributed by atoms with E-state index in [1.54, 1.807) is 0 Å². The lowest BCUT2D eigenvalue weighted by molar-refractivity contribution is -0.146. The van der Waals surface area contributed by atoms with Gasteiger partial charge >= 0.3 is 6.18 Å². The lowest BCUT2D eigenvalue weighted by Gasteiger charge is -2.15. The molecule has 0 aromatic heterocycles. The molecule has 1 atom stereocenters. The first-order valence-electron chi connectivity index (χ1n) is 4.07. The van der Waals surface area contributed by atoms with Crippen LogP contribution in [0.15, 0.2) is 24.3 Å². The summed E-state index contributed by atoms with van der Waals surface area (Å²) in [6.45, 7) is 1.07. The number of rotatable bonds is 2. The monoisotopic (exact) mass is 202 g/mol. The second kappa shape index (κ2) is 3.82. The second-order valence-corrected chi connectivity index (χ2v) is 3.05. The van der Waals surface area contributed by atoms with Gasteiger partial charge < -0.3 is 0 Å². The third kappa shape index (κ3) is 2.34. The summed E-state index contributed by atoms with van der Waals surface area (Å²) < 4.78 is 36.8. The zero-order valence-corrected chi connectivity index (χ0v) is 7.51. The number of carbonyl (C=O) groups is 1. The SMILES string of the molecule is CC(c1cccc(C=O)c1)C(F)(F)F. The Balaban J connectivity index is 3.01. The predicted octanol–water partition coefficient (Wildman–Crippen LogP) is 3.16. The van der Waals surface area contributed by atoms with E-state index < -0.39 is 12.1 Å². The van der Waals surface area contributed by atoms with Crippen molar-refractivity contribution >= 4 is 6.29 Å². The number of hydrogen-bond acceptors (Lipinski definition) is 1. The molecule has 0 saturated heterocycles. The molecule has 0 heterocycles. The van der Waals surface area contributed by atoms with Crippen LogP contribution in [0.25, 0.3) is 0 Å². The highest BCUT2D eigenvalue weighted by Crippen LogP contribution is 2.34. The van der Waals surface area contributed by atoms with Gasteiger partial charge in [-0.1, -0.05) is 18.2 Å². The number of benzene rings is 1. The Bertz CT molecular complexity index is 330. The topological polar surface area (TPSA) is 17.1 Å². The van der Waals surface area contributed by atoms with Crippen LogP contribution in [0.5, 0.6) is 0 Å². The van der Waals surface area contributed by atoms with Crippen LogP contribution in [0.2, 0.25) is 0 Å². The van der Waals surface area contributed by atoms with Crippen molar-refractivity contribution in [3.8, 4) is 0 Å². The van der Waals surface area contributed by atoms with Crippen molar-refractivity contribution in [1.29, 1.82) is 0 Å². The van der Waals surface area contributed by atoms with Gasteiger partial charge in [-0.25, -0.2) is 0 Å². The molecule has 0 aliphatic heterocycles. The average Bonchev–Trinajstić information content (AvgIpc) is 2.15. The van der Waals surface area contributed by atoms with E-state index in [1.165, 1.54) is 24.3 Å². The van der Waals surface area contributed by atoms with Gasteiger partial charge in [-0.3, -0.25) is 4.79 Å². The van der Waals surface area contributed by atoms with Crippen molar-refractivity contribution < 1.29 is 18.0 Å². The fraction of sp³-hybridized carbons (Fsp3) is 0.300. The first kappa shape index (κ1) is 10.8. The molecule has 0 radical (unpaired) electrons. The largest absolute Gasteiger partial charge is 0.395 e. The average molecular weight is 202 g/mol. The quantitative estimate of drug-likeness (QED) is 0.673. The van der Waals surface area contributed by atoms with Gasteiger partial charge in [0.2, 0.25) is 0 Å². The molecule has 0 bridgehead atoms. The molecule has 0 amide bonds. The summed E-state index contributed by atoms with van der Waals surface area (Å²) in [7, 11) is 0. The highest BCUT2D eigenvalue weighted by molar-refractivity contribution is 5.75. The summed E-state index contributed by atoms with van der Waals surface area (Å²) in [5.74, 6) is -1.54. The molecule has 0 spiro atoms. The maximum atomic E-state index is 12.3. The molecule has 4 heteroatoms. The lowest BCUT2D eigenvalue weighted by Crippen LogP contribution is -2.17. The Labute approximate surface area is 79.5 Å². The molecule has 0 saturated carbocycles. The Kier molecular flexibility index (Phi) is 2.93. The first-order chi connectivity index (χ1) is 6.45. The Morgan fingerprint density at radius 3 is 2.50 bits per heavy atom. The Hall–Kier alpha value is -1.32. The van der Waals surface area contributed by atoms with E-state index in [4.69, 9.17) is 0 Å². The van der Waals surface area contributed by atoms with E-state index in [-0.39, 0.29) is 11.1 Å². The zero-order valence-electron chi connectivity index (χ0n) is 7.51. The molecule has 0 aliphatic carbocycles. The number of halogens is 3. The van der Waals surface area contributed by atoms with Gasteiger partial charge in [0.15, 0.2) is 0 Å². The van der Waals surface area contributed by atoms with Gasteiger partial charge in [0, 0.05) is 5.56 Å². The first-order valence-corrected chi connectivity index (χ1v) is 4.07. The fourth-order valence-corrected chi connectivity index (χ4v) is 1.09. The maximum Gasteiger partial charge on any atom is 0.395 e. The van der Waals surface area contributed by atoms with Crippen LogP contribution in [0.4, 0.5) is 13.2 Å². The normalized spacial score (nSPS) is 13.7. The van der Waals surface area contributed by atoms with Crippen LogP contribution < -0.4 is 0 Å². The minimum absolute atomic E-state index is 0.113. The van der Waals surface area contributed by atoms with Crippen LogP contribution in [0.3, 0.4) is 0 Å². The minimum atomic E-state index is -4.26. The van der Waals surface area contributed by atoms with Crippen molar-refractivity contribution in [3.63, 3.8) is 0 Å². The fourth-order valence-electron chi connectivity index (χ4n) is 1.09. The van der Waals surface area contributed by atoms with Gasteiger partial charge in [-0.05, 0) is 18.6 Å². The van der Waals surface area contributed by atoms with Gasteiger partial charge in [-0.15, -0.1) is 0 Å². The van der Waals surface area contributed by atoms with Crippen LogP contribution in [-0.4, -0.2) is 12.5 Å². The molecule has 1 aromatic carbocycles. The maximum absolute atomic E-state index is 12.3. The minimum Gasteiger partial charge on any atom is -0.298 e. The van der Waals surface area contributed by atoms with Crippen LogP contribution in [0, 0.1) is 0 Å².